The SMILES string of the molecule is CCNC(Cc1nc(C)cs1)C1CCOc2ccccc21. The zero-order valence-electron chi connectivity index (χ0n) is 12.6. The molecule has 0 spiro atoms. The number of likely N-dealkylation sites (N-methyl/N-ethyl adjacent to an activating group) is 1. The van der Waals surface area contributed by atoms with Gasteiger partial charge in [-0.05, 0) is 31.5 Å². The molecule has 1 N–H and O–H groups in total. The predicted octanol–water partition coefficient (Wildman–Crippen LogP) is 3.54. The monoisotopic (exact) mass is 302 g/mol. The molecule has 4 heteroatoms. The van der Waals surface area contributed by atoms with E-state index < -0.39 is 0 Å². The van der Waals surface area contributed by atoms with Gasteiger partial charge in [-0.1, -0.05) is 25.1 Å². The average Bonchev–Trinajstić information content (AvgIpc) is 2.91. The maximum atomic E-state index is 5.80. The van der Waals surface area contributed by atoms with E-state index in [1.165, 1.54) is 10.6 Å². The molecule has 3 rings (SSSR count). The molecule has 0 radical (unpaired) electrons. The summed E-state index contributed by atoms with van der Waals surface area (Å²) >= 11 is 1.77. The molecule has 21 heavy (non-hydrogen) atoms. The van der Waals surface area contributed by atoms with Gasteiger partial charge >= 0.3 is 0 Å². The van der Waals surface area contributed by atoms with Gasteiger partial charge in [0.05, 0.1) is 11.6 Å². The summed E-state index contributed by atoms with van der Waals surface area (Å²) in [6.45, 7) is 6.02. The largest absolute Gasteiger partial charge is 0.493 e. The van der Waals surface area contributed by atoms with Crippen LogP contribution in [0.25, 0.3) is 0 Å². The molecule has 0 aliphatic carbocycles. The highest BCUT2D eigenvalue weighted by Crippen LogP contribution is 2.36. The quantitative estimate of drug-likeness (QED) is 0.917. The highest BCUT2D eigenvalue weighted by Gasteiger charge is 2.29. The first-order valence-electron chi connectivity index (χ1n) is 7.64. The Labute approximate surface area is 130 Å². The number of thiazole rings is 1. The molecule has 1 aliphatic rings. The standard InChI is InChI=1S/C17H22N2OS/c1-3-18-15(10-17-19-12(2)11-21-17)13-8-9-20-16-7-5-4-6-14(13)16/h4-7,11,13,15,18H,3,8-10H2,1-2H3. The minimum Gasteiger partial charge on any atom is -0.493 e. The Hall–Kier alpha value is -1.39. The molecule has 2 unspecified atom stereocenters. The van der Waals surface area contributed by atoms with E-state index in [9.17, 15) is 0 Å². The third-order valence-corrected chi connectivity index (χ3v) is 5.01. The number of hydrogen-bond donors (Lipinski definition) is 1. The third kappa shape index (κ3) is 3.27. The zero-order chi connectivity index (χ0) is 14.7. The van der Waals surface area contributed by atoms with Gasteiger partial charge in [0, 0.05) is 29.5 Å². The van der Waals surface area contributed by atoms with Crippen LogP contribution in [-0.2, 0) is 6.42 Å². The van der Waals surface area contributed by atoms with Crippen molar-refractivity contribution in [3.05, 3.63) is 45.9 Å². The first-order valence-corrected chi connectivity index (χ1v) is 8.52. The molecule has 1 aromatic carbocycles. The summed E-state index contributed by atoms with van der Waals surface area (Å²) in [6.07, 6.45) is 2.06. The molecule has 1 aliphatic heterocycles. The number of para-hydroxylation sites is 1. The second kappa shape index (κ2) is 6.58. The smallest absolute Gasteiger partial charge is 0.122 e. The summed E-state index contributed by atoms with van der Waals surface area (Å²) < 4.78 is 5.80. The topological polar surface area (TPSA) is 34.2 Å². The summed E-state index contributed by atoms with van der Waals surface area (Å²) in [6, 6.07) is 8.87. The molecule has 0 bridgehead atoms. The highest BCUT2D eigenvalue weighted by molar-refractivity contribution is 7.09. The van der Waals surface area contributed by atoms with E-state index in [2.05, 4.69) is 47.7 Å². The number of nitrogens with zero attached hydrogens (tertiary/aromatic N) is 1. The zero-order valence-corrected chi connectivity index (χ0v) is 13.5. The third-order valence-electron chi connectivity index (χ3n) is 4.02. The number of benzene rings is 1. The van der Waals surface area contributed by atoms with Gasteiger partial charge in [-0.25, -0.2) is 4.98 Å². The van der Waals surface area contributed by atoms with Crippen LogP contribution >= 0.6 is 11.3 Å². The number of ether oxygens (including phenoxy) is 1. The van der Waals surface area contributed by atoms with E-state index in [0.29, 0.717) is 12.0 Å². The maximum absolute atomic E-state index is 5.80. The number of rotatable bonds is 5. The number of nitrogens with one attached hydrogen (secondary N) is 1. The Morgan fingerprint density at radius 1 is 1.43 bits per heavy atom. The van der Waals surface area contributed by atoms with E-state index in [-0.39, 0.29) is 0 Å². The second-order valence-corrected chi connectivity index (χ2v) is 6.48. The molecule has 2 atom stereocenters. The van der Waals surface area contributed by atoms with Gasteiger partial charge in [-0.15, -0.1) is 11.3 Å². The number of fused-ring (bicyclic) bond motifs is 1. The summed E-state index contributed by atoms with van der Waals surface area (Å²) in [7, 11) is 0. The maximum Gasteiger partial charge on any atom is 0.122 e. The van der Waals surface area contributed by atoms with Crippen molar-refractivity contribution in [3.8, 4) is 5.75 Å². The van der Waals surface area contributed by atoms with Crippen LogP contribution in [0, 0.1) is 6.92 Å². The summed E-state index contributed by atoms with van der Waals surface area (Å²) in [4.78, 5) is 4.63. The number of aryl methyl sites for hydroxylation is 1. The van der Waals surface area contributed by atoms with Crippen LogP contribution in [0.1, 0.15) is 35.5 Å². The fraction of sp³-hybridized carbons (Fsp3) is 0.471. The molecule has 112 valence electrons. The van der Waals surface area contributed by atoms with E-state index >= 15 is 0 Å². The lowest BCUT2D eigenvalue weighted by Gasteiger charge is -2.32. The Bertz CT molecular complexity index is 596. The van der Waals surface area contributed by atoms with Crippen LogP contribution in [0.15, 0.2) is 29.6 Å². The van der Waals surface area contributed by atoms with Crippen molar-refractivity contribution in [2.24, 2.45) is 0 Å². The molecule has 0 saturated carbocycles. The fourth-order valence-corrected chi connectivity index (χ4v) is 3.92. The Morgan fingerprint density at radius 3 is 3.05 bits per heavy atom. The van der Waals surface area contributed by atoms with Crippen molar-refractivity contribution in [2.75, 3.05) is 13.2 Å². The van der Waals surface area contributed by atoms with Crippen LogP contribution in [0.5, 0.6) is 5.75 Å². The van der Waals surface area contributed by atoms with Gasteiger partial charge in [-0.3, -0.25) is 0 Å². The number of aromatic nitrogens is 1. The van der Waals surface area contributed by atoms with E-state index in [1.807, 2.05) is 6.07 Å². The Balaban J connectivity index is 1.84. The van der Waals surface area contributed by atoms with Crippen molar-refractivity contribution in [1.82, 2.24) is 10.3 Å². The molecular formula is C17H22N2OS. The number of hydrogen-bond acceptors (Lipinski definition) is 4. The lowest BCUT2D eigenvalue weighted by atomic mass is 9.85. The van der Waals surface area contributed by atoms with Crippen molar-refractivity contribution >= 4 is 11.3 Å². The van der Waals surface area contributed by atoms with Gasteiger partial charge in [-0.2, -0.15) is 0 Å². The van der Waals surface area contributed by atoms with Gasteiger partial charge in [0.15, 0.2) is 0 Å². The molecule has 1 aromatic heterocycles. The van der Waals surface area contributed by atoms with E-state index in [4.69, 9.17) is 4.74 Å². The minimum atomic E-state index is 0.422. The van der Waals surface area contributed by atoms with Gasteiger partial charge in [0.1, 0.15) is 5.75 Å². The van der Waals surface area contributed by atoms with Crippen LogP contribution in [0.2, 0.25) is 0 Å². The van der Waals surface area contributed by atoms with E-state index in [0.717, 1.165) is 37.4 Å². The average molecular weight is 302 g/mol. The van der Waals surface area contributed by atoms with Crippen molar-refractivity contribution in [3.63, 3.8) is 0 Å². The van der Waals surface area contributed by atoms with E-state index in [1.54, 1.807) is 11.3 Å². The molecule has 2 heterocycles. The molecule has 0 saturated heterocycles. The highest BCUT2D eigenvalue weighted by atomic mass is 32.1. The lowest BCUT2D eigenvalue weighted by Crippen LogP contribution is -2.38. The van der Waals surface area contributed by atoms with Gasteiger partial charge in [0.25, 0.3) is 0 Å². The molecule has 0 fully saturated rings. The van der Waals surface area contributed by atoms with Crippen molar-refractivity contribution < 1.29 is 4.74 Å². The minimum absolute atomic E-state index is 0.422. The predicted molar refractivity (Wildman–Crippen MR) is 87.3 cm³/mol. The second-order valence-electron chi connectivity index (χ2n) is 5.53. The van der Waals surface area contributed by atoms with Crippen molar-refractivity contribution in [1.29, 1.82) is 0 Å². The first-order chi connectivity index (χ1) is 10.3. The summed E-state index contributed by atoms with van der Waals surface area (Å²) in [5.74, 6) is 1.55. The first kappa shape index (κ1) is 14.5. The van der Waals surface area contributed by atoms with Crippen LogP contribution in [0.3, 0.4) is 0 Å². The Morgan fingerprint density at radius 2 is 2.29 bits per heavy atom. The van der Waals surface area contributed by atoms with Crippen molar-refractivity contribution in [2.45, 2.75) is 38.6 Å². The fourth-order valence-electron chi connectivity index (χ4n) is 3.09. The summed E-state index contributed by atoms with van der Waals surface area (Å²) in [5, 5.41) is 7.02. The van der Waals surface area contributed by atoms with Gasteiger partial charge < -0.3 is 10.1 Å². The summed E-state index contributed by atoms with van der Waals surface area (Å²) in [5.41, 5.74) is 2.46. The van der Waals surface area contributed by atoms with Crippen LogP contribution < -0.4 is 10.1 Å². The van der Waals surface area contributed by atoms with Crippen LogP contribution in [-0.4, -0.2) is 24.2 Å². The lowest BCUT2D eigenvalue weighted by molar-refractivity contribution is 0.245. The molecule has 3 nitrogen and oxygen atoms in total. The molecule has 0 amide bonds. The molecule has 2 aromatic rings. The molecular weight excluding hydrogens is 280 g/mol. The normalized spacial score (nSPS) is 18.9. The van der Waals surface area contributed by atoms with Crippen LogP contribution in [0.4, 0.5) is 0 Å². The van der Waals surface area contributed by atoms with Gasteiger partial charge in [0.2, 0.25) is 0 Å². The Kier molecular flexibility index (Phi) is 4.56.